The summed E-state index contributed by atoms with van der Waals surface area (Å²) in [5.74, 6) is 0.408. The normalized spacial score (nSPS) is 24.0. The van der Waals surface area contributed by atoms with Gasteiger partial charge in [-0.15, -0.1) is 0 Å². The Bertz CT molecular complexity index is 1100. The minimum absolute atomic E-state index is 0.0237. The van der Waals surface area contributed by atoms with Crippen LogP contribution in [0.4, 0.5) is 0 Å². The summed E-state index contributed by atoms with van der Waals surface area (Å²) in [5.41, 5.74) is 0.476. The van der Waals surface area contributed by atoms with Crippen LogP contribution in [0.1, 0.15) is 19.3 Å². The van der Waals surface area contributed by atoms with Crippen LogP contribution in [0.3, 0.4) is 0 Å². The molecule has 2 aromatic rings. The van der Waals surface area contributed by atoms with Gasteiger partial charge in [0.1, 0.15) is 0 Å². The Morgan fingerprint density at radius 1 is 1.11 bits per heavy atom. The smallest absolute Gasteiger partial charge is 0.243 e. The molecule has 1 aromatic heterocycles. The lowest BCUT2D eigenvalue weighted by atomic mass is 10.1. The van der Waals surface area contributed by atoms with Gasteiger partial charge in [-0.1, -0.05) is 11.6 Å². The summed E-state index contributed by atoms with van der Waals surface area (Å²) in [7, 11) is -6.59. The van der Waals surface area contributed by atoms with Crippen LogP contribution in [0.2, 0.25) is 5.02 Å². The Balaban J connectivity index is 1.48. The van der Waals surface area contributed by atoms with E-state index in [1.807, 2.05) is 0 Å². The summed E-state index contributed by atoms with van der Waals surface area (Å²) in [4.78, 5) is 4.42. The third-order valence-electron chi connectivity index (χ3n) is 5.46. The lowest BCUT2D eigenvalue weighted by Gasteiger charge is -2.33. The second-order valence-electron chi connectivity index (χ2n) is 7.39. The lowest BCUT2D eigenvalue weighted by molar-refractivity contribution is 0.277. The standard InChI is InChI=1S/C18H22ClN3O4S2/c19-16-3-4-17(15-2-1-8-20-18(15)16)28(25,26)22-9-5-13(6-10-22)21-14-7-11-27(23,24)12-14/h1-4,8,13-14,21H,5-7,9-12H2/t14-/m0/s1. The average Bonchev–Trinajstić information content (AvgIpc) is 3.01. The monoisotopic (exact) mass is 443 g/mol. The predicted molar refractivity (Wildman–Crippen MR) is 109 cm³/mol. The molecule has 3 heterocycles. The average molecular weight is 444 g/mol. The van der Waals surface area contributed by atoms with E-state index in [9.17, 15) is 16.8 Å². The molecule has 1 N–H and O–H groups in total. The number of hydrogen-bond donors (Lipinski definition) is 1. The van der Waals surface area contributed by atoms with E-state index in [0.717, 1.165) is 0 Å². The molecule has 0 amide bonds. The van der Waals surface area contributed by atoms with Gasteiger partial charge < -0.3 is 5.32 Å². The van der Waals surface area contributed by atoms with E-state index in [-0.39, 0.29) is 28.5 Å². The largest absolute Gasteiger partial charge is 0.310 e. The van der Waals surface area contributed by atoms with Crippen molar-refractivity contribution in [2.24, 2.45) is 0 Å². The molecule has 0 aliphatic carbocycles. The third kappa shape index (κ3) is 3.91. The van der Waals surface area contributed by atoms with Crippen molar-refractivity contribution < 1.29 is 16.8 Å². The molecule has 7 nitrogen and oxygen atoms in total. The summed E-state index contributed by atoms with van der Waals surface area (Å²) in [6.45, 7) is 0.785. The second kappa shape index (κ2) is 7.53. The number of rotatable bonds is 4. The fraction of sp³-hybridized carbons (Fsp3) is 0.500. The molecule has 2 aliphatic heterocycles. The summed E-state index contributed by atoms with van der Waals surface area (Å²) in [6, 6.07) is 6.63. The van der Waals surface area contributed by atoms with Gasteiger partial charge in [-0.25, -0.2) is 16.8 Å². The maximum absolute atomic E-state index is 13.2. The van der Waals surface area contributed by atoms with E-state index in [1.54, 1.807) is 24.4 Å². The summed E-state index contributed by atoms with van der Waals surface area (Å²) in [6.07, 6.45) is 3.52. The summed E-state index contributed by atoms with van der Waals surface area (Å²) in [5, 5.41) is 4.33. The van der Waals surface area contributed by atoms with Gasteiger partial charge in [0.25, 0.3) is 0 Å². The topological polar surface area (TPSA) is 96.4 Å². The molecule has 152 valence electrons. The van der Waals surface area contributed by atoms with Crippen molar-refractivity contribution in [3.63, 3.8) is 0 Å². The van der Waals surface area contributed by atoms with Crippen LogP contribution < -0.4 is 5.32 Å². The maximum atomic E-state index is 13.2. The number of sulfonamides is 1. The molecule has 4 rings (SSSR count). The van der Waals surface area contributed by atoms with E-state index in [2.05, 4.69) is 10.3 Å². The Kier molecular flexibility index (Phi) is 5.39. The van der Waals surface area contributed by atoms with Crippen molar-refractivity contribution in [3.8, 4) is 0 Å². The fourth-order valence-electron chi connectivity index (χ4n) is 4.00. The van der Waals surface area contributed by atoms with Crippen LogP contribution in [0.5, 0.6) is 0 Å². The van der Waals surface area contributed by atoms with Crippen molar-refractivity contribution in [3.05, 3.63) is 35.5 Å². The fourth-order valence-corrected chi connectivity index (χ4v) is 7.55. The van der Waals surface area contributed by atoms with Gasteiger partial charge in [0.2, 0.25) is 10.0 Å². The van der Waals surface area contributed by atoms with Gasteiger partial charge in [0.15, 0.2) is 9.84 Å². The summed E-state index contributed by atoms with van der Waals surface area (Å²) >= 11 is 6.16. The van der Waals surface area contributed by atoms with Gasteiger partial charge in [0.05, 0.1) is 26.9 Å². The van der Waals surface area contributed by atoms with Crippen molar-refractivity contribution in [2.75, 3.05) is 24.6 Å². The molecule has 1 aromatic carbocycles. The van der Waals surface area contributed by atoms with Gasteiger partial charge in [-0.05, 0) is 43.5 Å². The number of piperidine rings is 1. The van der Waals surface area contributed by atoms with Gasteiger partial charge >= 0.3 is 0 Å². The maximum Gasteiger partial charge on any atom is 0.243 e. The SMILES string of the molecule is O=S1(=O)CC[C@H](NC2CCN(S(=O)(=O)c3ccc(Cl)c4ncccc34)CC2)C1. The van der Waals surface area contributed by atoms with Crippen LogP contribution in [-0.2, 0) is 19.9 Å². The molecule has 2 fully saturated rings. The molecular formula is C18H22ClN3O4S2. The van der Waals surface area contributed by atoms with Crippen LogP contribution >= 0.6 is 11.6 Å². The van der Waals surface area contributed by atoms with Gasteiger partial charge in [-0.3, -0.25) is 4.98 Å². The van der Waals surface area contributed by atoms with Crippen LogP contribution in [-0.4, -0.2) is 62.8 Å². The summed E-state index contributed by atoms with van der Waals surface area (Å²) < 4.78 is 51.1. The van der Waals surface area contributed by atoms with Crippen molar-refractivity contribution in [1.29, 1.82) is 0 Å². The zero-order chi connectivity index (χ0) is 19.9. The van der Waals surface area contributed by atoms with E-state index in [1.165, 1.54) is 10.4 Å². The molecule has 0 saturated carbocycles. The van der Waals surface area contributed by atoms with Crippen molar-refractivity contribution in [1.82, 2.24) is 14.6 Å². The number of nitrogens with one attached hydrogen (secondary N) is 1. The first-order chi connectivity index (χ1) is 13.3. The molecule has 0 radical (unpaired) electrons. The van der Waals surface area contributed by atoms with Crippen LogP contribution in [0, 0.1) is 0 Å². The van der Waals surface area contributed by atoms with Gasteiger partial charge in [-0.2, -0.15) is 4.31 Å². The number of nitrogens with zero attached hydrogens (tertiary/aromatic N) is 2. The highest BCUT2D eigenvalue weighted by molar-refractivity contribution is 7.91. The first kappa shape index (κ1) is 20.0. The minimum Gasteiger partial charge on any atom is -0.310 e. The quantitative estimate of drug-likeness (QED) is 0.774. The zero-order valence-electron chi connectivity index (χ0n) is 15.2. The van der Waals surface area contributed by atoms with Crippen LogP contribution in [0.15, 0.2) is 35.4 Å². The number of sulfone groups is 1. The highest BCUT2D eigenvalue weighted by Gasteiger charge is 2.34. The van der Waals surface area contributed by atoms with E-state index < -0.39 is 19.9 Å². The first-order valence-electron chi connectivity index (χ1n) is 9.26. The number of halogens is 1. The van der Waals surface area contributed by atoms with Gasteiger partial charge in [0, 0.05) is 36.8 Å². The molecule has 1 atom stereocenters. The number of pyridine rings is 1. The Morgan fingerprint density at radius 3 is 2.54 bits per heavy atom. The number of fused-ring (bicyclic) bond motifs is 1. The first-order valence-corrected chi connectivity index (χ1v) is 12.9. The molecular weight excluding hydrogens is 422 g/mol. The van der Waals surface area contributed by atoms with Crippen molar-refractivity contribution >= 4 is 42.4 Å². The number of benzene rings is 1. The third-order valence-corrected chi connectivity index (χ3v) is 9.49. The lowest BCUT2D eigenvalue weighted by Crippen LogP contribution is -2.48. The van der Waals surface area contributed by atoms with E-state index in [4.69, 9.17) is 11.6 Å². The number of hydrogen-bond acceptors (Lipinski definition) is 6. The minimum atomic E-state index is -3.66. The highest BCUT2D eigenvalue weighted by atomic mass is 35.5. The molecule has 0 spiro atoms. The molecule has 2 saturated heterocycles. The van der Waals surface area contributed by atoms with Crippen molar-refractivity contribution in [2.45, 2.75) is 36.2 Å². The number of aromatic nitrogens is 1. The zero-order valence-corrected chi connectivity index (χ0v) is 17.6. The Labute approximate surface area is 170 Å². The molecule has 0 unspecified atom stereocenters. The highest BCUT2D eigenvalue weighted by Crippen LogP contribution is 2.30. The van der Waals surface area contributed by atoms with E-state index >= 15 is 0 Å². The Morgan fingerprint density at radius 2 is 1.86 bits per heavy atom. The molecule has 28 heavy (non-hydrogen) atoms. The van der Waals surface area contributed by atoms with Crippen LogP contribution in [0.25, 0.3) is 10.9 Å². The second-order valence-corrected chi connectivity index (χ2v) is 11.9. The Hall–Kier alpha value is -1.26. The molecule has 0 bridgehead atoms. The predicted octanol–water partition coefficient (Wildman–Crippen LogP) is 1.82. The molecule has 2 aliphatic rings. The molecule has 10 heteroatoms. The van der Waals surface area contributed by atoms with E-state index in [0.29, 0.717) is 48.3 Å².